The van der Waals surface area contributed by atoms with Gasteiger partial charge in [-0.3, -0.25) is 9.69 Å². The molecular formula is C16H14N2O2. The van der Waals surface area contributed by atoms with Gasteiger partial charge in [0.2, 0.25) is 0 Å². The van der Waals surface area contributed by atoms with Crippen LogP contribution < -0.4 is 10.6 Å². The fourth-order valence-electron chi connectivity index (χ4n) is 2.58. The highest BCUT2D eigenvalue weighted by Gasteiger charge is 2.27. The maximum Gasteiger partial charge on any atom is 0.323 e. The van der Waals surface area contributed by atoms with Crippen molar-refractivity contribution in [2.75, 3.05) is 4.90 Å². The van der Waals surface area contributed by atoms with Crippen molar-refractivity contribution in [1.82, 2.24) is 0 Å². The summed E-state index contributed by atoms with van der Waals surface area (Å²) in [7, 11) is 0. The minimum absolute atomic E-state index is 0.00352. The Bertz CT molecular complexity index is 722. The van der Waals surface area contributed by atoms with Crippen LogP contribution in [0.15, 0.2) is 42.5 Å². The highest BCUT2D eigenvalue weighted by molar-refractivity contribution is 6.11. The summed E-state index contributed by atoms with van der Waals surface area (Å²) in [4.78, 5) is 25.7. The average molecular weight is 266 g/mol. The van der Waals surface area contributed by atoms with E-state index < -0.39 is 6.03 Å². The molecule has 3 rings (SSSR count). The molecule has 0 aliphatic carbocycles. The number of amides is 2. The maximum atomic E-state index is 12.4. The third-order valence-electron chi connectivity index (χ3n) is 3.50. The monoisotopic (exact) mass is 266 g/mol. The van der Waals surface area contributed by atoms with Gasteiger partial charge in [0.1, 0.15) is 0 Å². The molecule has 4 heteroatoms. The number of para-hydroxylation sites is 1. The number of aryl methyl sites for hydroxylation is 1. The summed E-state index contributed by atoms with van der Waals surface area (Å²) in [5.41, 5.74) is 9.10. The molecule has 4 nitrogen and oxygen atoms in total. The van der Waals surface area contributed by atoms with Crippen LogP contribution >= 0.6 is 0 Å². The van der Waals surface area contributed by atoms with E-state index in [1.54, 1.807) is 6.07 Å². The smallest absolute Gasteiger partial charge is 0.323 e. The van der Waals surface area contributed by atoms with Crippen molar-refractivity contribution in [2.24, 2.45) is 5.73 Å². The van der Waals surface area contributed by atoms with Crippen LogP contribution in [0.25, 0.3) is 0 Å². The molecule has 1 aliphatic heterocycles. The zero-order valence-electron chi connectivity index (χ0n) is 11.1. The second kappa shape index (κ2) is 4.49. The lowest BCUT2D eigenvalue weighted by molar-refractivity contribution is 0.0994. The number of nitrogens with two attached hydrogens (primary N) is 1. The number of benzene rings is 2. The standard InChI is InChI=1S/C16H14N2O2/c1-10-6-7-12-14(8-10)18(16(17)20)13-5-3-2-4-11(13)9-15(12)19/h2-8H,9H2,1H3,(H2,17,20). The Balaban J connectivity index is 2.33. The SMILES string of the molecule is Cc1ccc2c(c1)N(C(N)=O)c1ccccc1CC2=O. The number of hydrogen-bond acceptors (Lipinski definition) is 2. The number of ketones is 1. The Morgan fingerprint density at radius 1 is 1.15 bits per heavy atom. The predicted molar refractivity (Wildman–Crippen MR) is 77.4 cm³/mol. The van der Waals surface area contributed by atoms with E-state index in [1.165, 1.54) is 4.90 Å². The summed E-state index contributed by atoms with van der Waals surface area (Å²) >= 11 is 0. The summed E-state index contributed by atoms with van der Waals surface area (Å²) in [6.07, 6.45) is 0.274. The van der Waals surface area contributed by atoms with E-state index in [-0.39, 0.29) is 12.2 Å². The van der Waals surface area contributed by atoms with Gasteiger partial charge in [-0.1, -0.05) is 24.3 Å². The minimum Gasteiger partial charge on any atom is -0.351 e. The Morgan fingerprint density at radius 3 is 2.65 bits per heavy atom. The third kappa shape index (κ3) is 1.86. The number of hydrogen-bond donors (Lipinski definition) is 1. The van der Waals surface area contributed by atoms with E-state index in [0.29, 0.717) is 16.9 Å². The molecular weight excluding hydrogens is 252 g/mol. The number of rotatable bonds is 0. The number of Topliss-reactive ketones (excluding diaryl/α,β-unsaturated/α-hetero) is 1. The molecule has 1 heterocycles. The van der Waals surface area contributed by atoms with Crippen molar-refractivity contribution >= 4 is 23.2 Å². The normalized spacial score (nSPS) is 13.4. The van der Waals surface area contributed by atoms with Crippen molar-refractivity contribution in [1.29, 1.82) is 0 Å². The number of anilines is 2. The zero-order valence-corrected chi connectivity index (χ0v) is 11.1. The first kappa shape index (κ1) is 12.4. The molecule has 0 atom stereocenters. The van der Waals surface area contributed by atoms with Gasteiger partial charge in [-0.05, 0) is 36.2 Å². The molecule has 20 heavy (non-hydrogen) atoms. The molecule has 0 saturated carbocycles. The highest BCUT2D eigenvalue weighted by atomic mass is 16.2. The van der Waals surface area contributed by atoms with E-state index in [2.05, 4.69) is 0 Å². The van der Waals surface area contributed by atoms with Crippen molar-refractivity contribution < 1.29 is 9.59 Å². The van der Waals surface area contributed by atoms with Crippen LogP contribution in [0.4, 0.5) is 16.2 Å². The van der Waals surface area contributed by atoms with Gasteiger partial charge in [0.15, 0.2) is 5.78 Å². The van der Waals surface area contributed by atoms with Crippen LogP contribution in [0.2, 0.25) is 0 Å². The van der Waals surface area contributed by atoms with E-state index in [4.69, 9.17) is 5.73 Å². The second-order valence-corrected chi connectivity index (χ2v) is 4.92. The number of carbonyl (C=O) groups is 2. The number of urea groups is 1. The minimum atomic E-state index is -0.584. The Kier molecular flexibility index (Phi) is 2.79. The molecule has 0 fully saturated rings. The first-order valence-corrected chi connectivity index (χ1v) is 6.39. The van der Waals surface area contributed by atoms with E-state index in [0.717, 1.165) is 11.1 Å². The van der Waals surface area contributed by atoms with Gasteiger partial charge in [0.05, 0.1) is 11.4 Å². The second-order valence-electron chi connectivity index (χ2n) is 4.92. The van der Waals surface area contributed by atoms with Gasteiger partial charge in [-0.25, -0.2) is 4.79 Å². The van der Waals surface area contributed by atoms with Gasteiger partial charge < -0.3 is 5.73 Å². The molecule has 0 unspecified atom stereocenters. The highest BCUT2D eigenvalue weighted by Crippen LogP contribution is 2.36. The molecule has 2 N–H and O–H groups in total. The van der Waals surface area contributed by atoms with E-state index in [1.807, 2.05) is 43.3 Å². The van der Waals surface area contributed by atoms with Crippen molar-refractivity contribution in [3.63, 3.8) is 0 Å². The first-order chi connectivity index (χ1) is 9.58. The quantitative estimate of drug-likeness (QED) is 0.796. The van der Waals surface area contributed by atoms with Crippen LogP contribution in [0.3, 0.4) is 0 Å². The average Bonchev–Trinajstić information content (AvgIpc) is 2.52. The molecule has 0 aromatic heterocycles. The van der Waals surface area contributed by atoms with Crippen LogP contribution in [0.5, 0.6) is 0 Å². The molecule has 2 aromatic rings. The third-order valence-corrected chi connectivity index (χ3v) is 3.50. The predicted octanol–water partition coefficient (Wildman–Crippen LogP) is 2.95. The maximum absolute atomic E-state index is 12.4. The molecule has 100 valence electrons. The van der Waals surface area contributed by atoms with E-state index in [9.17, 15) is 9.59 Å². The van der Waals surface area contributed by atoms with Crippen LogP contribution in [0.1, 0.15) is 21.5 Å². The first-order valence-electron chi connectivity index (χ1n) is 6.39. The van der Waals surface area contributed by atoms with Crippen molar-refractivity contribution in [3.8, 4) is 0 Å². The zero-order chi connectivity index (χ0) is 14.3. The lowest BCUT2D eigenvalue weighted by Gasteiger charge is -2.22. The van der Waals surface area contributed by atoms with Gasteiger partial charge >= 0.3 is 6.03 Å². The summed E-state index contributed by atoms with van der Waals surface area (Å²) in [5.74, 6) is -0.00352. The van der Waals surface area contributed by atoms with Crippen molar-refractivity contribution in [3.05, 3.63) is 59.2 Å². The van der Waals surface area contributed by atoms with Crippen molar-refractivity contribution in [2.45, 2.75) is 13.3 Å². The van der Waals surface area contributed by atoms with Gasteiger partial charge in [0.25, 0.3) is 0 Å². The molecule has 1 aliphatic rings. The molecule has 0 saturated heterocycles. The molecule has 2 aromatic carbocycles. The number of fused-ring (bicyclic) bond motifs is 2. The largest absolute Gasteiger partial charge is 0.351 e. The molecule has 0 spiro atoms. The van der Waals surface area contributed by atoms with Crippen LogP contribution in [-0.2, 0) is 6.42 Å². The van der Waals surface area contributed by atoms with E-state index >= 15 is 0 Å². The number of carbonyl (C=O) groups excluding carboxylic acids is 2. The molecule has 0 radical (unpaired) electrons. The van der Waals surface area contributed by atoms with Crippen LogP contribution in [0, 0.1) is 6.92 Å². The number of primary amides is 1. The summed E-state index contributed by atoms with van der Waals surface area (Å²) in [6, 6.07) is 12.2. The Labute approximate surface area is 116 Å². The Morgan fingerprint density at radius 2 is 1.90 bits per heavy atom. The number of nitrogens with zero attached hydrogens (tertiary/aromatic N) is 1. The van der Waals surface area contributed by atoms with Gasteiger partial charge in [0, 0.05) is 12.0 Å². The Hall–Kier alpha value is -2.62. The summed E-state index contributed by atoms with van der Waals surface area (Å²) < 4.78 is 0. The lowest BCUT2D eigenvalue weighted by Crippen LogP contribution is -2.32. The van der Waals surface area contributed by atoms with Crippen LogP contribution in [-0.4, -0.2) is 11.8 Å². The molecule has 2 amide bonds. The summed E-state index contributed by atoms with van der Waals surface area (Å²) in [6.45, 7) is 1.92. The fourth-order valence-corrected chi connectivity index (χ4v) is 2.58. The van der Waals surface area contributed by atoms with Gasteiger partial charge in [-0.2, -0.15) is 0 Å². The topological polar surface area (TPSA) is 63.4 Å². The lowest BCUT2D eigenvalue weighted by atomic mass is 10.0. The fraction of sp³-hybridized carbons (Fsp3) is 0.125. The molecule has 0 bridgehead atoms. The van der Waals surface area contributed by atoms with Gasteiger partial charge in [-0.15, -0.1) is 0 Å². The summed E-state index contributed by atoms with van der Waals surface area (Å²) in [5, 5.41) is 0.